The average molecular weight is 192 g/mol. The first-order valence-corrected chi connectivity index (χ1v) is 3.82. The third kappa shape index (κ3) is 6.58. The van der Waals surface area contributed by atoms with Crippen LogP contribution in [0, 0.1) is 5.41 Å². The second-order valence-electron chi connectivity index (χ2n) is 3.10. The van der Waals surface area contributed by atoms with Crippen molar-refractivity contribution in [2.24, 2.45) is 5.41 Å². The molecule has 0 radical (unpaired) electrons. The van der Waals surface area contributed by atoms with E-state index in [4.69, 9.17) is 9.84 Å². The number of aliphatic hydroxyl groups is 1. The number of aliphatic hydroxyl groups excluding tert-OH is 1. The van der Waals surface area contributed by atoms with E-state index >= 15 is 0 Å². The van der Waals surface area contributed by atoms with Gasteiger partial charge in [-0.2, -0.15) is 0 Å². The van der Waals surface area contributed by atoms with Crippen molar-refractivity contribution >= 4 is 5.97 Å². The molecule has 0 rings (SSSR count). The normalized spacial score (nSPS) is 9.54. The highest BCUT2D eigenvalue weighted by molar-refractivity contribution is 5.75. The molecular weight excluding hydrogens is 168 g/mol. The molecule has 3 heteroatoms. The first-order valence-electron chi connectivity index (χ1n) is 3.82. The zero-order valence-corrected chi connectivity index (χ0v) is 7.39. The van der Waals surface area contributed by atoms with E-state index in [-0.39, 0.29) is 34.0 Å². The highest BCUT2D eigenvalue weighted by atomic mass is 16.5. The van der Waals surface area contributed by atoms with Crippen LogP contribution in [0.3, 0.4) is 0 Å². The molecule has 0 aromatic heterocycles. The number of esters is 1. The van der Waals surface area contributed by atoms with Crippen molar-refractivity contribution in [1.29, 1.82) is 0 Å². The van der Waals surface area contributed by atoms with Crippen LogP contribution in [0.4, 0.5) is 0 Å². The lowest BCUT2D eigenvalue weighted by atomic mass is 9.91. The van der Waals surface area contributed by atoms with Crippen LogP contribution in [0.1, 0.15) is 42.0 Å². The minimum Gasteiger partial charge on any atom is -0.463 e. The summed E-state index contributed by atoms with van der Waals surface area (Å²) in [7, 11) is 0. The molecule has 0 saturated heterocycles. The maximum atomic E-state index is 11.1. The van der Waals surface area contributed by atoms with Gasteiger partial charge in [-0.3, -0.25) is 4.79 Å². The number of hydrogen-bond acceptors (Lipinski definition) is 3. The molecule has 0 fully saturated rings. The molecule has 0 aliphatic carbocycles. The Labute approximate surface area is 82.1 Å². The summed E-state index contributed by atoms with van der Waals surface area (Å²) < 4.78 is 4.76. The summed E-state index contributed by atoms with van der Waals surface area (Å²) in [6, 6.07) is 0. The van der Waals surface area contributed by atoms with Crippen LogP contribution in [-0.2, 0) is 9.53 Å². The van der Waals surface area contributed by atoms with Crippen molar-refractivity contribution in [2.45, 2.75) is 42.0 Å². The molecule has 0 unspecified atom stereocenters. The fourth-order valence-corrected chi connectivity index (χ4v) is 0.478. The van der Waals surface area contributed by atoms with Crippen molar-refractivity contribution in [3.05, 3.63) is 0 Å². The first kappa shape index (κ1) is 18.3. The predicted molar refractivity (Wildman–Crippen MR) is 55.6 cm³/mol. The summed E-state index contributed by atoms with van der Waals surface area (Å²) in [6.07, 6.45) is 0.747. The molecule has 0 aromatic rings. The van der Waals surface area contributed by atoms with Crippen molar-refractivity contribution in [1.82, 2.24) is 0 Å². The Morgan fingerprint density at radius 1 is 1.38 bits per heavy atom. The summed E-state index contributed by atoms with van der Waals surface area (Å²) in [4.78, 5) is 11.1. The van der Waals surface area contributed by atoms with Crippen molar-refractivity contribution < 1.29 is 14.6 Å². The molecule has 0 spiro atoms. The lowest BCUT2D eigenvalue weighted by molar-refractivity contribution is -0.155. The van der Waals surface area contributed by atoms with Gasteiger partial charge in [0.1, 0.15) is 6.61 Å². The third-order valence-electron chi connectivity index (χ3n) is 1.76. The van der Waals surface area contributed by atoms with Crippen molar-refractivity contribution in [2.75, 3.05) is 13.2 Å². The second-order valence-corrected chi connectivity index (χ2v) is 3.10. The van der Waals surface area contributed by atoms with Crippen LogP contribution < -0.4 is 0 Å². The summed E-state index contributed by atoms with van der Waals surface area (Å²) in [5.74, 6) is -0.242. The van der Waals surface area contributed by atoms with Gasteiger partial charge in [0.15, 0.2) is 0 Å². The molecule has 3 nitrogen and oxygen atoms in total. The van der Waals surface area contributed by atoms with Crippen LogP contribution in [0.2, 0.25) is 0 Å². The van der Waals surface area contributed by atoms with E-state index in [0.29, 0.717) is 0 Å². The summed E-state index contributed by atoms with van der Waals surface area (Å²) in [6.45, 7) is 5.58. The lowest BCUT2D eigenvalue weighted by Crippen LogP contribution is -2.26. The van der Waals surface area contributed by atoms with Gasteiger partial charge in [-0.1, -0.05) is 21.8 Å². The highest BCUT2D eigenvalue weighted by Gasteiger charge is 2.26. The summed E-state index contributed by atoms with van der Waals surface area (Å²) in [5, 5.41) is 8.38. The Hall–Kier alpha value is -0.570. The van der Waals surface area contributed by atoms with Gasteiger partial charge in [0.05, 0.1) is 12.0 Å². The molecule has 0 atom stereocenters. The SMILES string of the molecule is C.C.CCC(C)(C)C(=O)OCCO. The van der Waals surface area contributed by atoms with Gasteiger partial charge in [0.25, 0.3) is 0 Å². The monoisotopic (exact) mass is 192 g/mol. The fourth-order valence-electron chi connectivity index (χ4n) is 0.478. The van der Waals surface area contributed by atoms with Crippen molar-refractivity contribution in [3.63, 3.8) is 0 Å². The Morgan fingerprint density at radius 2 is 1.85 bits per heavy atom. The standard InChI is InChI=1S/C8H16O3.2CH4/c1-4-8(2,3)7(10)11-6-5-9;;/h9H,4-6H2,1-3H3;2*1H4. The molecule has 0 heterocycles. The van der Waals surface area contributed by atoms with Gasteiger partial charge in [-0.15, -0.1) is 0 Å². The molecule has 0 aromatic carbocycles. The van der Waals surface area contributed by atoms with Gasteiger partial charge in [0.2, 0.25) is 0 Å². The minimum atomic E-state index is -0.421. The van der Waals surface area contributed by atoms with Crippen LogP contribution in [-0.4, -0.2) is 24.3 Å². The molecule has 0 amide bonds. The molecular formula is C10H24O3. The summed E-state index contributed by atoms with van der Waals surface area (Å²) >= 11 is 0. The van der Waals surface area contributed by atoms with Crippen molar-refractivity contribution in [3.8, 4) is 0 Å². The van der Waals surface area contributed by atoms with E-state index in [1.54, 1.807) is 0 Å². The molecule has 82 valence electrons. The van der Waals surface area contributed by atoms with E-state index in [2.05, 4.69) is 0 Å². The van der Waals surface area contributed by atoms with Gasteiger partial charge < -0.3 is 9.84 Å². The zero-order chi connectivity index (χ0) is 8.91. The van der Waals surface area contributed by atoms with Gasteiger partial charge in [-0.25, -0.2) is 0 Å². The first-order chi connectivity index (χ1) is 5.04. The predicted octanol–water partition coefficient (Wildman–Crippen LogP) is 2.23. The number of rotatable bonds is 4. The van der Waals surface area contributed by atoms with Crippen LogP contribution in [0.25, 0.3) is 0 Å². The number of hydrogen-bond donors (Lipinski definition) is 1. The van der Waals surface area contributed by atoms with Crippen LogP contribution >= 0.6 is 0 Å². The molecule has 0 saturated carbocycles. The smallest absolute Gasteiger partial charge is 0.311 e. The highest BCUT2D eigenvalue weighted by Crippen LogP contribution is 2.20. The van der Waals surface area contributed by atoms with E-state index < -0.39 is 5.41 Å². The maximum absolute atomic E-state index is 11.1. The lowest BCUT2D eigenvalue weighted by Gasteiger charge is -2.19. The number of ether oxygens (including phenoxy) is 1. The van der Waals surface area contributed by atoms with E-state index in [0.717, 1.165) is 6.42 Å². The van der Waals surface area contributed by atoms with Crippen LogP contribution in [0.5, 0.6) is 0 Å². The summed E-state index contributed by atoms with van der Waals surface area (Å²) in [5.41, 5.74) is -0.421. The minimum absolute atomic E-state index is 0. The molecule has 1 N–H and O–H groups in total. The second kappa shape index (κ2) is 8.05. The Kier molecular flexibility index (Phi) is 11.3. The average Bonchev–Trinajstić information content (AvgIpc) is 2.00. The molecule has 0 aliphatic heterocycles. The Balaban J connectivity index is -0.000000500. The topological polar surface area (TPSA) is 46.5 Å². The van der Waals surface area contributed by atoms with Crippen LogP contribution in [0.15, 0.2) is 0 Å². The molecule has 0 bridgehead atoms. The largest absolute Gasteiger partial charge is 0.463 e. The number of carbonyl (C=O) groups excluding carboxylic acids is 1. The fraction of sp³-hybridized carbons (Fsp3) is 0.900. The quantitative estimate of drug-likeness (QED) is 0.695. The van der Waals surface area contributed by atoms with E-state index in [1.807, 2.05) is 20.8 Å². The van der Waals surface area contributed by atoms with E-state index in [9.17, 15) is 4.79 Å². The third-order valence-corrected chi connectivity index (χ3v) is 1.76. The molecule has 0 aliphatic rings. The van der Waals surface area contributed by atoms with E-state index in [1.165, 1.54) is 0 Å². The Morgan fingerprint density at radius 3 is 2.15 bits per heavy atom. The maximum Gasteiger partial charge on any atom is 0.311 e. The Bertz CT molecular complexity index is 130. The van der Waals surface area contributed by atoms with Gasteiger partial charge >= 0.3 is 5.97 Å². The van der Waals surface area contributed by atoms with Gasteiger partial charge in [-0.05, 0) is 20.3 Å². The van der Waals surface area contributed by atoms with Gasteiger partial charge in [0, 0.05) is 0 Å². The molecule has 13 heavy (non-hydrogen) atoms. The zero-order valence-electron chi connectivity index (χ0n) is 7.39. The number of carbonyl (C=O) groups is 1.